The van der Waals surface area contributed by atoms with Crippen molar-refractivity contribution in [3.8, 4) is 5.75 Å². The van der Waals surface area contributed by atoms with Gasteiger partial charge in [-0.05, 0) is 66.6 Å². The Morgan fingerprint density at radius 1 is 0.969 bits per heavy atom. The van der Waals surface area contributed by atoms with Crippen molar-refractivity contribution < 1.29 is 9.15 Å². The average Bonchev–Trinajstić information content (AvgIpc) is 3.47. The van der Waals surface area contributed by atoms with E-state index in [2.05, 4.69) is 77.6 Å². The Kier molecular flexibility index (Phi) is 6.37. The lowest BCUT2D eigenvalue weighted by Gasteiger charge is -2.32. The molecule has 4 rings (SSSR count). The van der Waals surface area contributed by atoms with Gasteiger partial charge >= 0.3 is 0 Å². The van der Waals surface area contributed by atoms with Gasteiger partial charge in [-0.2, -0.15) is 0 Å². The van der Waals surface area contributed by atoms with Crippen molar-refractivity contribution in [2.75, 3.05) is 7.11 Å². The molecule has 7 heteroatoms. The van der Waals surface area contributed by atoms with Gasteiger partial charge in [0.05, 0.1) is 31.5 Å². The fourth-order valence-electron chi connectivity index (χ4n) is 3.81. The summed E-state index contributed by atoms with van der Waals surface area (Å²) >= 11 is 0. The predicted octanol–water partition coefficient (Wildman–Crippen LogP) is 4.82. The zero-order valence-electron chi connectivity index (χ0n) is 19.0. The van der Waals surface area contributed by atoms with E-state index >= 15 is 0 Å². The molecule has 166 valence electrons. The van der Waals surface area contributed by atoms with Crippen molar-refractivity contribution in [3.05, 3.63) is 95.7 Å². The second-order valence-electron chi connectivity index (χ2n) is 8.77. The molecular formula is C25H29N5O2. The number of rotatable bonds is 8. The Balaban J connectivity index is 1.83. The highest BCUT2D eigenvalue weighted by Crippen LogP contribution is 2.33. The first-order chi connectivity index (χ1) is 15.5. The van der Waals surface area contributed by atoms with Gasteiger partial charge in [-0.1, -0.05) is 42.5 Å². The van der Waals surface area contributed by atoms with E-state index < -0.39 is 0 Å². The highest BCUT2D eigenvalue weighted by Gasteiger charge is 2.32. The number of tetrazole rings is 1. The summed E-state index contributed by atoms with van der Waals surface area (Å²) < 4.78 is 13.0. The molecule has 0 aliphatic carbocycles. The maximum Gasteiger partial charge on any atom is 0.173 e. The summed E-state index contributed by atoms with van der Waals surface area (Å²) in [5.41, 5.74) is 2.01. The lowest BCUT2D eigenvalue weighted by atomic mass is 10.0. The third kappa shape index (κ3) is 4.89. The highest BCUT2D eigenvalue weighted by molar-refractivity contribution is 5.32. The molecule has 7 nitrogen and oxygen atoms in total. The Bertz CT molecular complexity index is 1100. The van der Waals surface area contributed by atoms with Gasteiger partial charge < -0.3 is 9.15 Å². The normalized spacial score (nSPS) is 12.8. The first-order valence-electron chi connectivity index (χ1n) is 10.7. The minimum Gasteiger partial charge on any atom is -0.497 e. The van der Waals surface area contributed by atoms with Crippen LogP contribution in [0.2, 0.25) is 0 Å². The zero-order chi connectivity index (χ0) is 22.6. The highest BCUT2D eigenvalue weighted by atomic mass is 16.5. The second kappa shape index (κ2) is 9.36. The Morgan fingerprint density at radius 3 is 2.34 bits per heavy atom. The molecule has 0 amide bonds. The number of aromatic nitrogens is 4. The van der Waals surface area contributed by atoms with Crippen LogP contribution in [0.3, 0.4) is 0 Å². The van der Waals surface area contributed by atoms with E-state index in [0.717, 1.165) is 22.9 Å². The Morgan fingerprint density at radius 2 is 1.72 bits per heavy atom. The summed E-state index contributed by atoms with van der Waals surface area (Å²) in [6.07, 6.45) is 1.71. The summed E-state index contributed by atoms with van der Waals surface area (Å²) in [6.45, 7) is 7.62. The van der Waals surface area contributed by atoms with Crippen LogP contribution in [0.1, 0.15) is 49.5 Å². The van der Waals surface area contributed by atoms with Crippen molar-refractivity contribution in [1.29, 1.82) is 0 Å². The first kappa shape index (κ1) is 21.8. The summed E-state index contributed by atoms with van der Waals surface area (Å²) in [5, 5.41) is 12.9. The Labute approximate surface area is 188 Å². The lowest BCUT2D eigenvalue weighted by Crippen LogP contribution is -2.34. The third-order valence-corrected chi connectivity index (χ3v) is 5.34. The minimum absolute atomic E-state index is 0.194. The van der Waals surface area contributed by atoms with Gasteiger partial charge in [-0.3, -0.25) is 4.90 Å². The van der Waals surface area contributed by atoms with Crippen LogP contribution < -0.4 is 4.74 Å². The molecule has 0 aliphatic heterocycles. The molecule has 0 spiro atoms. The van der Waals surface area contributed by atoms with Crippen LogP contribution in [0.25, 0.3) is 0 Å². The number of ether oxygens (including phenoxy) is 1. The topological polar surface area (TPSA) is 69.2 Å². The van der Waals surface area contributed by atoms with Gasteiger partial charge in [0.2, 0.25) is 0 Å². The molecule has 0 aliphatic rings. The van der Waals surface area contributed by atoms with Crippen molar-refractivity contribution in [1.82, 2.24) is 25.1 Å². The van der Waals surface area contributed by atoms with E-state index in [1.165, 1.54) is 5.56 Å². The van der Waals surface area contributed by atoms with Crippen LogP contribution in [0, 0.1) is 0 Å². The number of methoxy groups -OCH3 is 1. The van der Waals surface area contributed by atoms with Crippen LogP contribution in [0.15, 0.2) is 77.4 Å². The minimum atomic E-state index is -0.271. The fourth-order valence-corrected chi connectivity index (χ4v) is 3.81. The number of hydrogen-bond donors (Lipinski definition) is 0. The zero-order valence-corrected chi connectivity index (χ0v) is 19.0. The van der Waals surface area contributed by atoms with Crippen molar-refractivity contribution in [3.63, 3.8) is 0 Å². The third-order valence-electron chi connectivity index (χ3n) is 5.34. The molecule has 0 bridgehead atoms. The van der Waals surface area contributed by atoms with E-state index in [1.54, 1.807) is 13.4 Å². The molecule has 0 radical (unpaired) electrons. The van der Waals surface area contributed by atoms with Crippen LogP contribution in [0.4, 0.5) is 0 Å². The molecule has 32 heavy (non-hydrogen) atoms. The van der Waals surface area contributed by atoms with Gasteiger partial charge in [0.15, 0.2) is 5.82 Å². The van der Waals surface area contributed by atoms with Crippen LogP contribution in [0.5, 0.6) is 5.75 Å². The van der Waals surface area contributed by atoms with Crippen molar-refractivity contribution in [2.24, 2.45) is 0 Å². The van der Waals surface area contributed by atoms with Gasteiger partial charge in [-0.15, -0.1) is 5.10 Å². The van der Waals surface area contributed by atoms with E-state index in [4.69, 9.17) is 9.15 Å². The summed E-state index contributed by atoms with van der Waals surface area (Å²) in [6, 6.07) is 22.2. The predicted molar refractivity (Wildman–Crippen MR) is 122 cm³/mol. The number of furan rings is 1. The molecule has 0 saturated heterocycles. The molecule has 1 atom stereocenters. The molecule has 1 unspecified atom stereocenters. The van der Waals surface area contributed by atoms with Crippen molar-refractivity contribution in [2.45, 2.75) is 45.4 Å². The molecule has 0 saturated carbocycles. The number of hydrogen-bond acceptors (Lipinski definition) is 6. The SMILES string of the molecule is COc1ccc(C(c2nnnn2C(C)(C)C)N(Cc2ccccc2)Cc2ccco2)cc1. The largest absolute Gasteiger partial charge is 0.497 e. The first-order valence-corrected chi connectivity index (χ1v) is 10.7. The molecule has 2 aromatic carbocycles. The smallest absolute Gasteiger partial charge is 0.173 e. The van der Waals surface area contributed by atoms with Gasteiger partial charge in [0.1, 0.15) is 11.5 Å². The monoisotopic (exact) mass is 431 g/mol. The molecule has 4 aromatic rings. The van der Waals surface area contributed by atoms with Gasteiger partial charge in [0, 0.05) is 6.54 Å². The van der Waals surface area contributed by atoms with E-state index in [-0.39, 0.29) is 11.6 Å². The maximum absolute atomic E-state index is 5.72. The van der Waals surface area contributed by atoms with Crippen molar-refractivity contribution >= 4 is 0 Å². The van der Waals surface area contributed by atoms with E-state index in [1.807, 2.05) is 35.0 Å². The Hall–Kier alpha value is -3.45. The lowest BCUT2D eigenvalue weighted by molar-refractivity contribution is 0.172. The van der Waals surface area contributed by atoms with Gasteiger partial charge in [0.25, 0.3) is 0 Å². The summed E-state index contributed by atoms with van der Waals surface area (Å²) in [5.74, 6) is 2.47. The second-order valence-corrected chi connectivity index (χ2v) is 8.77. The van der Waals surface area contributed by atoms with Crippen LogP contribution in [-0.4, -0.2) is 32.2 Å². The number of nitrogens with zero attached hydrogens (tertiary/aromatic N) is 5. The van der Waals surface area contributed by atoms with Gasteiger partial charge in [-0.25, -0.2) is 4.68 Å². The maximum atomic E-state index is 5.72. The number of benzene rings is 2. The van der Waals surface area contributed by atoms with E-state index in [0.29, 0.717) is 13.1 Å². The standard InChI is InChI=1S/C25H29N5O2/c1-25(2,3)30-24(26-27-28-30)23(20-12-14-21(31-4)15-13-20)29(18-22-11-8-16-32-22)17-19-9-6-5-7-10-19/h5-16,23H,17-18H2,1-4H3. The quantitative estimate of drug-likeness (QED) is 0.398. The molecular weight excluding hydrogens is 402 g/mol. The molecule has 0 N–H and O–H groups in total. The van der Waals surface area contributed by atoms with Crippen LogP contribution >= 0.6 is 0 Å². The fraction of sp³-hybridized carbons (Fsp3) is 0.320. The van der Waals surface area contributed by atoms with Crippen LogP contribution in [-0.2, 0) is 18.6 Å². The molecule has 2 heterocycles. The summed E-state index contributed by atoms with van der Waals surface area (Å²) in [7, 11) is 1.67. The molecule has 2 aromatic heterocycles. The average molecular weight is 432 g/mol. The molecule has 0 fully saturated rings. The summed E-state index contributed by atoms with van der Waals surface area (Å²) in [4.78, 5) is 2.34. The van der Waals surface area contributed by atoms with E-state index in [9.17, 15) is 0 Å².